The molecule has 0 aromatic heterocycles. The summed E-state index contributed by atoms with van der Waals surface area (Å²) in [5, 5.41) is 0.452. The molecular formula is C14H16ClN3O2. The fourth-order valence-corrected chi connectivity index (χ4v) is 3.03. The summed E-state index contributed by atoms with van der Waals surface area (Å²) in [5.41, 5.74) is 6.69. The second kappa shape index (κ2) is 4.98. The number of carbonyl (C=O) groups is 2. The molecule has 2 N–H and O–H groups in total. The lowest BCUT2D eigenvalue weighted by Gasteiger charge is -2.37. The van der Waals surface area contributed by atoms with Crippen molar-refractivity contribution >= 4 is 29.1 Å². The Morgan fingerprint density at radius 3 is 2.90 bits per heavy atom. The van der Waals surface area contributed by atoms with Gasteiger partial charge in [0, 0.05) is 37.7 Å². The highest BCUT2D eigenvalue weighted by molar-refractivity contribution is 6.33. The van der Waals surface area contributed by atoms with Gasteiger partial charge in [-0.05, 0) is 24.6 Å². The second-order valence-electron chi connectivity index (χ2n) is 5.27. The molecule has 0 radical (unpaired) electrons. The minimum absolute atomic E-state index is 0.0487. The van der Waals surface area contributed by atoms with Crippen LogP contribution in [0.15, 0.2) is 18.2 Å². The van der Waals surface area contributed by atoms with Crippen LogP contribution in [0.5, 0.6) is 0 Å². The van der Waals surface area contributed by atoms with Crippen LogP contribution in [0.25, 0.3) is 0 Å². The first kappa shape index (κ1) is 13.2. The lowest BCUT2D eigenvalue weighted by molar-refractivity contribution is -0.130. The molecule has 6 heteroatoms. The summed E-state index contributed by atoms with van der Waals surface area (Å²) in [7, 11) is 0. The third-order valence-electron chi connectivity index (χ3n) is 4.02. The Bertz CT molecular complexity index is 576. The van der Waals surface area contributed by atoms with Crippen molar-refractivity contribution in [3.63, 3.8) is 0 Å². The zero-order valence-corrected chi connectivity index (χ0v) is 11.8. The zero-order valence-electron chi connectivity index (χ0n) is 11.0. The van der Waals surface area contributed by atoms with Gasteiger partial charge < -0.3 is 15.5 Å². The molecule has 3 rings (SSSR count). The average molecular weight is 294 g/mol. The Morgan fingerprint density at radius 2 is 2.15 bits per heavy atom. The predicted molar refractivity (Wildman–Crippen MR) is 76.5 cm³/mol. The quantitative estimate of drug-likeness (QED) is 0.795. The molecule has 5 nitrogen and oxygen atoms in total. The van der Waals surface area contributed by atoms with Crippen molar-refractivity contribution in [3.05, 3.63) is 28.8 Å². The van der Waals surface area contributed by atoms with E-state index in [1.165, 1.54) is 0 Å². The maximum Gasteiger partial charge on any atom is 0.254 e. The number of anilines is 1. The number of rotatable bonds is 1. The molecule has 20 heavy (non-hydrogen) atoms. The highest BCUT2D eigenvalue weighted by Gasteiger charge is 2.37. The van der Waals surface area contributed by atoms with Crippen LogP contribution in [0.3, 0.4) is 0 Å². The summed E-state index contributed by atoms with van der Waals surface area (Å²) in [4.78, 5) is 27.8. The van der Waals surface area contributed by atoms with Crippen LogP contribution >= 0.6 is 11.6 Å². The molecule has 2 amide bonds. The molecule has 1 aromatic rings. The summed E-state index contributed by atoms with van der Waals surface area (Å²) in [5.74, 6) is 0.158. The third kappa shape index (κ3) is 2.22. The number of hydrogen-bond acceptors (Lipinski definition) is 3. The van der Waals surface area contributed by atoms with Crippen molar-refractivity contribution < 1.29 is 9.59 Å². The van der Waals surface area contributed by atoms with Crippen molar-refractivity contribution in [1.82, 2.24) is 9.80 Å². The summed E-state index contributed by atoms with van der Waals surface area (Å²) in [6.07, 6.45) is 1.44. The number of nitrogens with zero attached hydrogens (tertiary/aromatic N) is 2. The van der Waals surface area contributed by atoms with E-state index in [2.05, 4.69) is 0 Å². The van der Waals surface area contributed by atoms with E-state index < -0.39 is 0 Å². The fraction of sp³-hybridized carbons (Fsp3) is 0.429. The molecule has 1 atom stereocenters. The van der Waals surface area contributed by atoms with Crippen LogP contribution in [0.4, 0.5) is 5.69 Å². The van der Waals surface area contributed by atoms with E-state index in [-0.39, 0.29) is 17.9 Å². The minimum atomic E-state index is -0.0487. The number of amides is 2. The first-order valence-electron chi connectivity index (χ1n) is 6.70. The average Bonchev–Trinajstić information content (AvgIpc) is 2.82. The zero-order chi connectivity index (χ0) is 14.3. The number of benzene rings is 1. The van der Waals surface area contributed by atoms with Crippen LogP contribution < -0.4 is 5.73 Å². The van der Waals surface area contributed by atoms with Gasteiger partial charge in [0.1, 0.15) is 0 Å². The summed E-state index contributed by atoms with van der Waals surface area (Å²) in [6.45, 7) is 1.80. The Morgan fingerprint density at radius 1 is 1.35 bits per heavy atom. The van der Waals surface area contributed by atoms with E-state index in [1.54, 1.807) is 23.1 Å². The van der Waals surface area contributed by atoms with Crippen LogP contribution in [-0.2, 0) is 4.79 Å². The molecule has 0 spiro atoms. The van der Waals surface area contributed by atoms with Crippen molar-refractivity contribution in [2.75, 3.05) is 25.4 Å². The molecule has 0 aliphatic carbocycles. The third-order valence-corrected chi connectivity index (χ3v) is 4.37. The summed E-state index contributed by atoms with van der Waals surface area (Å²) in [6, 6.07) is 5.11. The van der Waals surface area contributed by atoms with Gasteiger partial charge >= 0.3 is 0 Å². The van der Waals surface area contributed by atoms with Gasteiger partial charge in [-0.2, -0.15) is 0 Å². The van der Waals surface area contributed by atoms with Crippen molar-refractivity contribution in [1.29, 1.82) is 0 Å². The summed E-state index contributed by atoms with van der Waals surface area (Å²) < 4.78 is 0. The highest BCUT2D eigenvalue weighted by atomic mass is 35.5. The second-order valence-corrected chi connectivity index (χ2v) is 5.67. The van der Waals surface area contributed by atoms with E-state index in [9.17, 15) is 9.59 Å². The molecule has 1 unspecified atom stereocenters. The number of halogens is 1. The predicted octanol–water partition coefficient (Wildman–Crippen LogP) is 1.37. The van der Waals surface area contributed by atoms with Crippen LogP contribution in [0.2, 0.25) is 5.02 Å². The maximum atomic E-state index is 12.5. The van der Waals surface area contributed by atoms with Crippen LogP contribution in [0.1, 0.15) is 23.2 Å². The molecule has 1 aromatic carbocycles. The van der Waals surface area contributed by atoms with Crippen molar-refractivity contribution in [2.24, 2.45) is 0 Å². The fourth-order valence-electron chi connectivity index (χ4n) is 2.91. The molecule has 0 bridgehead atoms. The maximum absolute atomic E-state index is 12.5. The number of nitrogens with two attached hydrogens (primary N) is 1. The van der Waals surface area contributed by atoms with Gasteiger partial charge in [-0.3, -0.25) is 9.59 Å². The number of carbonyl (C=O) groups excluding carboxylic acids is 2. The lowest BCUT2D eigenvalue weighted by atomic mass is 10.1. The number of hydrogen-bond donors (Lipinski definition) is 1. The molecule has 2 fully saturated rings. The molecule has 106 valence electrons. The molecule has 0 saturated carbocycles. The van der Waals surface area contributed by atoms with Gasteiger partial charge in [0.15, 0.2) is 0 Å². The first-order valence-corrected chi connectivity index (χ1v) is 7.08. The Labute approximate surface area is 122 Å². The topological polar surface area (TPSA) is 66.6 Å². The minimum Gasteiger partial charge on any atom is -0.398 e. The molecule has 2 heterocycles. The number of nitrogen functional groups attached to an aromatic ring is 1. The van der Waals surface area contributed by atoms with Gasteiger partial charge in [0.05, 0.1) is 10.7 Å². The lowest BCUT2D eigenvalue weighted by Crippen LogP contribution is -2.53. The van der Waals surface area contributed by atoms with Crippen molar-refractivity contribution in [3.8, 4) is 0 Å². The SMILES string of the molecule is Nc1cc(C(=O)N2CCN3C(=O)CCC3C2)ccc1Cl. The molecule has 2 saturated heterocycles. The van der Waals surface area contributed by atoms with E-state index in [1.807, 2.05) is 4.90 Å². The van der Waals surface area contributed by atoms with E-state index in [0.717, 1.165) is 6.42 Å². The normalized spacial score (nSPS) is 22.1. The van der Waals surface area contributed by atoms with Crippen LogP contribution in [0, 0.1) is 0 Å². The largest absolute Gasteiger partial charge is 0.398 e. The van der Waals surface area contributed by atoms with E-state index in [0.29, 0.717) is 42.3 Å². The van der Waals surface area contributed by atoms with E-state index >= 15 is 0 Å². The smallest absolute Gasteiger partial charge is 0.254 e. The van der Waals surface area contributed by atoms with Crippen molar-refractivity contribution in [2.45, 2.75) is 18.9 Å². The first-order chi connectivity index (χ1) is 9.56. The Kier molecular flexibility index (Phi) is 3.30. The van der Waals surface area contributed by atoms with E-state index in [4.69, 9.17) is 17.3 Å². The number of piperazine rings is 1. The van der Waals surface area contributed by atoms with Gasteiger partial charge in [0.2, 0.25) is 5.91 Å². The van der Waals surface area contributed by atoms with Gasteiger partial charge in [0.25, 0.3) is 5.91 Å². The van der Waals surface area contributed by atoms with Gasteiger partial charge in [-0.1, -0.05) is 11.6 Å². The Hall–Kier alpha value is -1.75. The molecular weight excluding hydrogens is 278 g/mol. The summed E-state index contributed by atoms with van der Waals surface area (Å²) >= 11 is 5.87. The molecule has 2 aliphatic heterocycles. The standard InChI is InChI=1S/C14H16ClN3O2/c15-11-3-1-9(7-12(11)16)14(20)17-5-6-18-10(8-17)2-4-13(18)19/h1,3,7,10H,2,4-6,8,16H2. The number of fused-ring (bicyclic) bond motifs is 1. The highest BCUT2D eigenvalue weighted by Crippen LogP contribution is 2.25. The monoisotopic (exact) mass is 293 g/mol. The molecule has 2 aliphatic rings. The van der Waals surface area contributed by atoms with Crippen LogP contribution in [-0.4, -0.2) is 47.3 Å². The Balaban J connectivity index is 1.75. The van der Waals surface area contributed by atoms with Gasteiger partial charge in [-0.25, -0.2) is 0 Å². The van der Waals surface area contributed by atoms with Gasteiger partial charge in [-0.15, -0.1) is 0 Å².